The smallest absolute Gasteiger partial charge is 0.297 e. The highest BCUT2D eigenvalue weighted by Gasteiger charge is 2.13. The normalized spacial score (nSPS) is 11.9. The molecule has 4 nitrogen and oxygen atoms in total. The van der Waals surface area contributed by atoms with Crippen molar-refractivity contribution >= 4 is 10.1 Å². The zero-order valence-electron chi connectivity index (χ0n) is 25.1. The van der Waals surface area contributed by atoms with E-state index in [1.165, 1.54) is 127 Å². The maximum atomic E-state index is 11.3. The molecular weight excluding hydrogens is 473 g/mol. The zero-order valence-corrected chi connectivity index (χ0v) is 26.0. The molecule has 0 unspecified atom stereocenters. The van der Waals surface area contributed by atoms with Gasteiger partial charge in [0.25, 0.3) is 10.1 Å². The van der Waals surface area contributed by atoms with Crippen LogP contribution in [0.25, 0.3) is 0 Å². The Labute approximate surface area is 226 Å². The van der Waals surface area contributed by atoms with E-state index in [0.29, 0.717) is 6.42 Å². The van der Waals surface area contributed by atoms with E-state index in [9.17, 15) is 12.9 Å². The Kier molecular flexibility index (Phi) is 29.3. The van der Waals surface area contributed by atoms with Crippen LogP contribution in [0.4, 0.5) is 4.53 Å². The first kappa shape index (κ1) is 37.9. The van der Waals surface area contributed by atoms with Crippen molar-refractivity contribution in [2.75, 3.05) is 32.9 Å². The number of hydrogen-bond acceptors (Lipinski definition) is 3. The van der Waals surface area contributed by atoms with Crippen molar-refractivity contribution in [3.63, 3.8) is 0 Å². The minimum atomic E-state index is -3.88. The molecule has 6 heteroatoms. The fourth-order valence-corrected chi connectivity index (χ4v) is 5.17. The molecule has 0 rings (SSSR count). The van der Waals surface area contributed by atoms with Gasteiger partial charge in [0, 0.05) is 0 Å². The van der Waals surface area contributed by atoms with Gasteiger partial charge in [-0.3, -0.25) is 0 Å². The van der Waals surface area contributed by atoms with Crippen LogP contribution in [-0.2, 0) is 14.5 Å². The van der Waals surface area contributed by atoms with E-state index in [1.807, 2.05) is 0 Å². The molecule has 0 radical (unpaired) electrons. The van der Waals surface area contributed by atoms with Crippen LogP contribution >= 0.6 is 0 Å². The maximum Gasteiger partial charge on any atom is 0.297 e. The Morgan fingerprint density at radius 1 is 0.500 bits per heavy atom. The second kappa shape index (κ2) is 27.8. The molecule has 0 aromatic carbocycles. The van der Waals surface area contributed by atoms with E-state index < -0.39 is 10.1 Å². The third-order valence-corrected chi connectivity index (χ3v) is 8.06. The summed E-state index contributed by atoms with van der Waals surface area (Å²) in [6.07, 6.45) is 28.8. The summed E-state index contributed by atoms with van der Waals surface area (Å²) >= 11 is 0. The van der Waals surface area contributed by atoms with Gasteiger partial charge in [0.2, 0.25) is 0 Å². The standard InChI is InChI=1S/C22H48N.C8H17FO3S/c1-5-7-9-11-13-15-17-19-21-23(3,4)22-20-18-16-14-12-10-8-6-2;1-2-3-4-5-6-7-8-13(10,11)12-9/h5-22H2,1-4H3;2-8H2,1H3/q+1;. The van der Waals surface area contributed by atoms with Gasteiger partial charge in [-0.25, -0.2) is 0 Å². The van der Waals surface area contributed by atoms with Gasteiger partial charge in [-0.1, -0.05) is 134 Å². The number of rotatable bonds is 26. The summed E-state index contributed by atoms with van der Waals surface area (Å²) < 4.78 is 36.4. The Hall–Kier alpha value is -0.200. The summed E-state index contributed by atoms with van der Waals surface area (Å²) in [5.74, 6) is -0.213. The predicted molar refractivity (Wildman–Crippen MR) is 156 cm³/mol. The van der Waals surface area contributed by atoms with Gasteiger partial charge >= 0.3 is 0 Å². The van der Waals surface area contributed by atoms with Gasteiger partial charge < -0.3 is 4.48 Å². The fourth-order valence-electron chi connectivity index (χ4n) is 4.55. The largest absolute Gasteiger partial charge is 0.328 e. The molecule has 0 saturated carbocycles. The van der Waals surface area contributed by atoms with Crippen molar-refractivity contribution < 1.29 is 21.8 Å². The monoisotopic (exact) mass is 538 g/mol. The summed E-state index contributed by atoms with van der Waals surface area (Å²) in [4.78, 5) is 0. The predicted octanol–water partition coefficient (Wildman–Crippen LogP) is 9.92. The van der Waals surface area contributed by atoms with Gasteiger partial charge in [-0.05, 0) is 36.6 Å². The van der Waals surface area contributed by atoms with E-state index in [-0.39, 0.29) is 5.75 Å². The van der Waals surface area contributed by atoms with Gasteiger partial charge in [0.1, 0.15) is 0 Å². The maximum absolute atomic E-state index is 11.3. The molecule has 36 heavy (non-hydrogen) atoms. The average Bonchev–Trinajstić information content (AvgIpc) is 2.85. The number of quaternary nitrogens is 1. The molecule has 0 N–H and O–H groups in total. The minimum Gasteiger partial charge on any atom is -0.328 e. The summed E-state index contributed by atoms with van der Waals surface area (Å²) in [6.45, 7) is 9.47. The van der Waals surface area contributed by atoms with Crippen LogP contribution in [0, 0.1) is 0 Å². The van der Waals surface area contributed by atoms with Crippen molar-refractivity contribution in [3.05, 3.63) is 0 Å². The molecule has 0 heterocycles. The number of unbranched alkanes of at least 4 members (excludes halogenated alkanes) is 19. The third-order valence-electron chi connectivity index (χ3n) is 7.08. The molecular formula is C30H65FNO3S+. The summed E-state index contributed by atoms with van der Waals surface area (Å²) in [5, 5.41) is 0. The molecule has 0 aromatic heterocycles. The highest BCUT2D eigenvalue weighted by atomic mass is 32.2. The van der Waals surface area contributed by atoms with Crippen LogP contribution in [0.15, 0.2) is 0 Å². The van der Waals surface area contributed by atoms with Crippen molar-refractivity contribution in [1.29, 1.82) is 0 Å². The van der Waals surface area contributed by atoms with E-state index in [1.54, 1.807) is 0 Å². The van der Waals surface area contributed by atoms with Crippen molar-refractivity contribution in [2.24, 2.45) is 0 Å². The number of halogens is 1. The van der Waals surface area contributed by atoms with E-state index in [4.69, 9.17) is 0 Å². The molecule has 0 fully saturated rings. The number of hydrogen-bond donors (Lipinski definition) is 0. The second-order valence-electron chi connectivity index (χ2n) is 11.4. The molecule has 0 spiro atoms. The van der Waals surface area contributed by atoms with Crippen LogP contribution in [0.3, 0.4) is 0 Å². The highest BCUT2D eigenvalue weighted by molar-refractivity contribution is 7.86. The molecule has 0 atom stereocenters. The second-order valence-corrected chi connectivity index (χ2v) is 13.1. The average molecular weight is 539 g/mol. The van der Waals surface area contributed by atoms with Crippen molar-refractivity contribution in [1.82, 2.24) is 0 Å². The quantitative estimate of drug-likeness (QED) is 0.0812. The fraction of sp³-hybridized carbons (Fsp3) is 1.00. The Morgan fingerprint density at radius 2 is 0.778 bits per heavy atom. The van der Waals surface area contributed by atoms with Gasteiger partial charge in [0.15, 0.2) is 0 Å². The lowest BCUT2D eigenvalue weighted by Gasteiger charge is -2.30. The first-order chi connectivity index (χ1) is 17.2. The highest BCUT2D eigenvalue weighted by Crippen LogP contribution is 2.13. The molecule has 0 bridgehead atoms. The Bertz CT molecular complexity index is 504. The lowest BCUT2D eigenvalue weighted by Crippen LogP contribution is -2.41. The van der Waals surface area contributed by atoms with Crippen molar-refractivity contribution in [3.8, 4) is 0 Å². The van der Waals surface area contributed by atoms with Crippen LogP contribution in [0.2, 0.25) is 0 Å². The summed E-state index contributed by atoms with van der Waals surface area (Å²) in [5.41, 5.74) is 0. The van der Waals surface area contributed by atoms with E-state index in [0.717, 1.165) is 25.7 Å². The molecule has 0 aliphatic heterocycles. The van der Waals surface area contributed by atoms with Gasteiger partial charge in [-0.15, -0.1) is 0 Å². The molecule has 0 saturated heterocycles. The third kappa shape index (κ3) is 31.8. The zero-order chi connectivity index (χ0) is 27.4. The molecule has 0 aromatic rings. The summed E-state index contributed by atoms with van der Waals surface area (Å²) in [7, 11) is 0.987. The first-order valence-corrected chi connectivity index (χ1v) is 17.2. The lowest BCUT2D eigenvalue weighted by molar-refractivity contribution is -0.890. The van der Waals surface area contributed by atoms with Crippen molar-refractivity contribution in [2.45, 2.75) is 162 Å². The van der Waals surface area contributed by atoms with Crippen LogP contribution in [0.1, 0.15) is 162 Å². The van der Waals surface area contributed by atoms with E-state index >= 15 is 0 Å². The van der Waals surface area contributed by atoms with Crippen LogP contribution in [0.5, 0.6) is 0 Å². The number of nitrogens with zero attached hydrogens (tertiary/aromatic N) is 1. The Balaban J connectivity index is 0. The van der Waals surface area contributed by atoms with Gasteiger partial charge in [-0.2, -0.15) is 8.42 Å². The van der Waals surface area contributed by atoms with Gasteiger partial charge in [0.05, 0.1) is 32.9 Å². The topological polar surface area (TPSA) is 43.4 Å². The molecule has 0 aliphatic rings. The van der Waals surface area contributed by atoms with E-state index in [2.05, 4.69) is 39.3 Å². The first-order valence-electron chi connectivity index (χ1n) is 15.6. The SMILES string of the molecule is CCCCCCCCCC[N+](C)(C)CCCCCCCCCC.CCCCCCCCS(=O)(=O)OF. The molecule has 0 amide bonds. The lowest BCUT2D eigenvalue weighted by atomic mass is 10.1. The minimum absolute atomic E-state index is 0.213. The van der Waals surface area contributed by atoms with Crippen LogP contribution < -0.4 is 0 Å². The summed E-state index contributed by atoms with van der Waals surface area (Å²) in [6, 6.07) is 0. The molecule has 0 aliphatic carbocycles. The van der Waals surface area contributed by atoms with Crippen LogP contribution in [-0.4, -0.2) is 45.8 Å². The Morgan fingerprint density at radius 3 is 1.08 bits per heavy atom. The molecule has 220 valence electrons.